The minimum absolute atomic E-state index is 0.207. The predicted octanol–water partition coefficient (Wildman–Crippen LogP) is 5.94. The Morgan fingerprint density at radius 1 is 0.842 bits per heavy atom. The highest BCUT2D eigenvalue weighted by Crippen LogP contribution is 2.41. The molecule has 0 aliphatic heterocycles. The summed E-state index contributed by atoms with van der Waals surface area (Å²) in [6.07, 6.45) is 8.40. The Morgan fingerprint density at radius 3 is 2.13 bits per heavy atom. The Hall–Kier alpha value is -4.07. The fourth-order valence-electron chi connectivity index (χ4n) is 3.45. The Labute approximate surface area is 224 Å². The lowest BCUT2D eigenvalue weighted by Crippen LogP contribution is -2.10. The molecule has 0 aliphatic rings. The first kappa shape index (κ1) is 30.2. The second-order valence-corrected chi connectivity index (χ2v) is 8.51. The van der Waals surface area contributed by atoms with Gasteiger partial charge >= 0.3 is 17.9 Å². The van der Waals surface area contributed by atoms with Gasteiger partial charge in [0.1, 0.15) is 0 Å². The van der Waals surface area contributed by atoms with E-state index in [0.717, 1.165) is 38.5 Å². The molecule has 38 heavy (non-hydrogen) atoms. The van der Waals surface area contributed by atoms with Crippen LogP contribution in [0.3, 0.4) is 0 Å². The van der Waals surface area contributed by atoms with E-state index < -0.39 is 11.9 Å². The van der Waals surface area contributed by atoms with Gasteiger partial charge < -0.3 is 23.7 Å². The van der Waals surface area contributed by atoms with Crippen molar-refractivity contribution in [1.29, 1.82) is 0 Å². The van der Waals surface area contributed by atoms with Crippen LogP contribution in [0.1, 0.15) is 61.4 Å². The van der Waals surface area contributed by atoms with Gasteiger partial charge in [0.2, 0.25) is 5.75 Å². The molecule has 2 aromatic carbocycles. The van der Waals surface area contributed by atoms with Crippen LogP contribution < -0.4 is 14.2 Å². The topological polar surface area (TPSA) is 97.4 Å². The molecule has 0 unspecified atom stereocenters. The first-order chi connectivity index (χ1) is 18.4. The third kappa shape index (κ3) is 10.1. The molecule has 2 rings (SSSR count). The van der Waals surface area contributed by atoms with E-state index in [-0.39, 0.29) is 17.5 Å². The molecule has 0 saturated heterocycles. The fraction of sp³-hybridized carbons (Fsp3) is 0.367. The smallest absolute Gasteiger partial charge is 0.343 e. The molecule has 0 radical (unpaired) electrons. The number of carbonyl (C=O) groups is 3. The van der Waals surface area contributed by atoms with E-state index in [0.29, 0.717) is 35.7 Å². The van der Waals surface area contributed by atoms with Gasteiger partial charge in [-0.1, -0.05) is 50.5 Å². The molecule has 0 heterocycles. The van der Waals surface area contributed by atoms with Crippen LogP contribution in [0.25, 0.3) is 6.08 Å². The molecule has 0 N–H and O–H groups in total. The van der Waals surface area contributed by atoms with Crippen LogP contribution in [0, 0.1) is 0 Å². The van der Waals surface area contributed by atoms with Crippen LogP contribution in [-0.4, -0.2) is 45.3 Å². The van der Waals surface area contributed by atoms with E-state index in [9.17, 15) is 14.4 Å². The molecule has 0 atom stereocenters. The lowest BCUT2D eigenvalue weighted by molar-refractivity contribution is -0.139. The van der Waals surface area contributed by atoms with E-state index in [1.165, 1.54) is 20.3 Å². The van der Waals surface area contributed by atoms with Crippen LogP contribution in [0.15, 0.2) is 60.7 Å². The molecule has 2 aromatic rings. The number of carbonyl (C=O) groups excluding carboxylic acids is 3. The molecule has 0 bridgehead atoms. The second-order valence-electron chi connectivity index (χ2n) is 8.51. The van der Waals surface area contributed by atoms with Crippen molar-refractivity contribution in [3.8, 4) is 17.2 Å². The van der Waals surface area contributed by atoms with E-state index in [2.05, 4.69) is 11.3 Å². The molecule has 0 fully saturated rings. The molecular weight excluding hydrogens is 488 g/mol. The van der Waals surface area contributed by atoms with Gasteiger partial charge in [-0.25, -0.2) is 14.4 Å². The zero-order valence-corrected chi connectivity index (χ0v) is 22.3. The van der Waals surface area contributed by atoms with Gasteiger partial charge in [-0.15, -0.1) is 0 Å². The molecule has 8 heteroatoms. The zero-order chi connectivity index (χ0) is 27.8. The van der Waals surface area contributed by atoms with E-state index >= 15 is 0 Å². The van der Waals surface area contributed by atoms with Gasteiger partial charge in [0.05, 0.1) is 33.0 Å². The minimum atomic E-state index is -0.526. The van der Waals surface area contributed by atoms with Gasteiger partial charge in [-0.05, 0) is 50.1 Å². The summed E-state index contributed by atoms with van der Waals surface area (Å²) in [5.74, 6) is -0.557. The van der Waals surface area contributed by atoms with Crippen molar-refractivity contribution in [3.63, 3.8) is 0 Å². The van der Waals surface area contributed by atoms with Crippen molar-refractivity contribution in [2.75, 3.05) is 27.4 Å². The number of rotatable bonds is 16. The van der Waals surface area contributed by atoms with Gasteiger partial charge in [0.15, 0.2) is 11.5 Å². The van der Waals surface area contributed by atoms with E-state index in [1.807, 2.05) is 6.07 Å². The van der Waals surface area contributed by atoms with Gasteiger partial charge in [-0.3, -0.25) is 0 Å². The second kappa shape index (κ2) is 16.6. The molecular formula is C30H36O8. The molecule has 0 aliphatic carbocycles. The summed E-state index contributed by atoms with van der Waals surface area (Å²) in [5.41, 5.74) is 1.39. The third-order valence-electron chi connectivity index (χ3n) is 5.49. The van der Waals surface area contributed by atoms with E-state index in [4.69, 9.17) is 18.9 Å². The van der Waals surface area contributed by atoms with Crippen LogP contribution in [0.4, 0.5) is 0 Å². The number of esters is 3. The third-order valence-corrected chi connectivity index (χ3v) is 5.49. The number of methoxy groups -OCH3 is 2. The SMILES string of the molecule is C=C(C)C(=O)OCCCCCCCCOc1c(C=CC(=O)OC)ccc(OC(=O)c2ccccc2)c1OC. The number of hydrogen-bond acceptors (Lipinski definition) is 8. The minimum Gasteiger partial charge on any atom is -0.490 e. The molecule has 0 amide bonds. The molecule has 204 valence electrons. The normalized spacial score (nSPS) is 10.6. The highest BCUT2D eigenvalue weighted by Gasteiger charge is 2.19. The first-order valence-electron chi connectivity index (χ1n) is 12.6. The molecule has 0 spiro atoms. The van der Waals surface area contributed by atoms with Crippen LogP contribution in [0.2, 0.25) is 0 Å². The van der Waals surface area contributed by atoms with Crippen molar-refractivity contribution in [3.05, 3.63) is 71.8 Å². The summed E-state index contributed by atoms with van der Waals surface area (Å²) in [6, 6.07) is 11.9. The number of hydrogen-bond donors (Lipinski definition) is 0. The average molecular weight is 525 g/mol. The Bertz CT molecular complexity index is 1100. The number of unbranched alkanes of at least 4 members (excludes halogenated alkanes) is 5. The maximum absolute atomic E-state index is 12.6. The van der Waals surface area contributed by atoms with Crippen molar-refractivity contribution in [1.82, 2.24) is 0 Å². The van der Waals surface area contributed by atoms with Crippen molar-refractivity contribution < 1.29 is 38.1 Å². The molecule has 0 aromatic heterocycles. The van der Waals surface area contributed by atoms with Crippen molar-refractivity contribution >= 4 is 24.0 Å². The lowest BCUT2D eigenvalue weighted by atomic mass is 10.1. The quantitative estimate of drug-likeness (QED) is 0.115. The summed E-state index contributed by atoms with van der Waals surface area (Å²) in [7, 11) is 2.76. The lowest BCUT2D eigenvalue weighted by Gasteiger charge is -2.17. The van der Waals surface area contributed by atoms with Crippen LogP contribution in [-0.2, 0) is 19.1 Å². The van der Waals surface area contributed by atoms with Crippen molar-refractivity contribution in [2.24, 2.45) is 0 Å². The number of ether oxygens (including phenoxy) is 5. The molecule has 8 nitrogen and oxygen atoms in total. The highest BCUT2D eigenvalue weighted by molar-refractivity contribution is 5.92. The van der Waals surface area contributed by atoms with E-state index in [1.54, 1.807) is 49.4 Å². The summed E-state index contributed by atoms with van der Waals surface area (Å²) < 4.78 is 27.0. The van der Waals surface area contributed by atoms with Crippen LogP contribution >= 0.6 is 0 Å². The standard InChI is InChI=1S/C30H36O8/c1-22(2)29(32)37-21-13-8-6-5-7-12-20-36-27-23(17-19-26(31)34-3)16-18-25(28(27)35-4)38-30(33)24-14-10-9-11-15-24/h9-11,14-19H,1,5-8,12-13,20-21H2,2-4H3. The maximum Gasteiger partial charge on any atom is 0.343 e. The Balaban J connectivity index is 1.97. The predicted molar refractivity (Wildman–Crippen MR) is 144 cm³/mol. The largest absolute Gasteiger partial charge is 0.490 e. The fourth-order valence-corrected chi connectivity index (χ4v) is 3.45. The first-order valence-corrected chi connectivity index (χ1v) is 12.6. The summed E-state index contributed by atoms with van der Waals surface area (Å²) in [4.78, 5) is 35.6. The molecule has 0 saturated carbocycles. The van der Waals surface area contributed by atoms with Gasteiger partial charge in [0.25, 0.3) is 0 Å². The monoisotopic (exact) mass is 524 g/mol. The number of benzene rings is 2. The maximum atomic E-state index is 12.6. The Morgan fingerprint density at radius 2 is 1.50 bits per heavy atom. The van der Waals surface area contributed by atoms with Gasteiger partial charge in [-0.2, -0.15) is 0 Å². The Kier molecular flexibility index (Phi) is 13.2. The zero-order valence-electron chi connectivity index (χ0n) is 22.3. The van der Waals surface area contributed by atoms with Crippen LogP contribution in [0.5, 0.6) is 17.2 Å². The van der Waals surface area contributed by atoms with Gasteiger partial charge in [0, 0.05) is 17.2 Å². The highest BCUT2D eigenvalue weighted by atomic mass is 16.6. The summed E-state index contributed by atoms with van der Waals surface area (Å²) in [5, 5.41) is 0. The average Bonchev–Trinajstić information content (AvgIpc) is 2.93. The summed E-state index contributed by atoms with van der Waals surface area (Å²) in [6.45, 7) is 6.00. The summed E-state index contributed by atoms with van der Waals surface area (Å²) >= 11 is 0. The van der Waals surface area contributed by atoms with Crippen molar-refractivity contribution in [2.45, 2.75) is 45.4 Å².